The number of anilines is 1. The summed E-state index contributed by atoms with van der Waals surface area (Å²) in [6.45, 7) is 5.48. The average molecular weight is 565 g/mol. The van der Waals surface area contributed by atoms with Crippen LogP contribution in [-0.2, 0) is 28.4 Å². The van der Waals surface area contributed by atoms with Crippen LogP contribution >= 0.6 is 0 Å². The van der Waals surface area contributed by atoms with Gasteiger partial charge in [0.25, 0.3) is 21.5 Å². The van der Waals surface area contributed by atoms with E-state index in [0.717, 1.165) is 9.54 Å². The minimum absolute atomic E-state index is 0.0352. The summed E-state index contributed by atoms with van der Waals surface area (Å²) in [7, 11) is -2.59. The molecule has 0 aliphatic carbocycles. The third-order valence-electron chi connectivity index (χ3n) is 6.81. The van der Waals surface area contributed by atoms with E-state index in [4.69, 9.17) is 9.84 Å². The SMILES string of the molecule is Cc1ccc(S(=O)(=O)n2ccc3c(-c4cc(CNC(=O)O)cc5c4OC(C(C)C)C(=O)N5)cn(C)c(=O)c32)cc1. The number of aromatic nitrogens is 2. The van der Waals surface area contributed by atoms with E-state index < -0.39 is 27.8 Å². The molecule has 4 aromatic rings. The highest BCUT2D eigenvalue weighted by atomic mass is 32.2. The largest absolute Gasteiger partial charge is 0.477 e. The first kappa shape index (κ1) is 27.0. The zero-order valence-corrected chi connectivity index (χ0v) is 23.1. The zero-order valence-electron chi connectivity index (χ0n) is 22.3. The van der Waals surface area contributed by atoms with E-state index in [1.807, 2.05) is 20.8 Å². The smallest absolute Gasteiger partial charge is 0.404 e. The fourth-order valence-electron chi connectivity index (χ4n) is 4.78. The van der Waals surface area contributed by atoms with Gasteiger partial charge in [0, 0.05) is 42.5 Å². The number of nitrogens with one attached hydrogen (secondary N) is 2. The monoisotopic (exact) mass is 564 g/mol. The minimum Gasteiger partial charge on any atom is -0.477 e. The second-order valence-electron chi connectivity index (χ2n) is 10.1. The number of aryl methyl sites for hydroxylation is 2. The van der Waals surface area contributed by atoms with Crippen LogP contribution in [0.15, 0.2) is 64.5 Å². The minimum atomic E-state index is -4.11. The first-order valence-electron chi connectivity index (χ1n) is 12.5. The van der Waals surface area contributed by atoms with Crippen molar-refractivity contribution < 1.29 is 27.9 Å². The molecule has 1 unspecified atom stereocenters. The van der Waals surface area contributed by atoms with Gasteiger partial charge in [-0.15, -0.1) is 0 Å². The molecule has 2 aromatic heterocycles. The van der Waals surface area contributed by atoms with Gasteiger partial charge in [-0.05, 0) is 48.7 Å². The van der Waals surface area contributed by atoms with Crippen molar-refractivity contribution in [2.75, 3.05) is 5.32 Å². The third-order valence-corrected chi connectivity index (χ3v) is 8.51. The Morgan fingerprint density at radius 3 is 2.48 bits per heavy atom. The second-order valence-corrected chi connectivity index (χ2v) is 11.9. The highest BCUT2D eigenvalue weighted by Gasteiger charge is 2.33. The van der Waals surface area contributed by atoms with Gasteiger partial charge in [0.1, 0.15) is 5.52 Å². The zero-order chi connectivity index (χ0) is 28.9. The Balaban J connectivity index is 1.77. The van der Waals surface area contributed by atoms with E-state index in [1.54, 1.807) is 36.5 Å². The van der Waals surface area contributed by atoms with Gasteiger partial charge in [-0.1, -0.05) is 31.5 Å². The standard InChI is InChI=1S/C28H28N4O7S/c1-15(2)24-26(33)30-22-12-17(13-29-28(35)36)11-20(25(22)39-24)21-14-31(4)27(34)23-19(21)9-10-32(23)40(37,38)18-7-5-16(3)6-8-18/h5-12,14-15,24,29H,13H2,1-4H3,(H,30,33)(H,35,36). The van der Waals surface area contributed by atoms with Crippen LogP contribution in [0.4, 0.5) is 10.5 Å². The van der Waals surface area contributed by atoms with Crippen LogP contribution in [-0.4, -0.2) is 40.2 Å². The Hall–Kier alpha value is -4.58. The van der Waals surface area contributed by atoms with Crippen LogP contribution in [0.3, 0.4) is 0 Å². The van der Waals surface area contributed by atoms with Crippen LogP contribution in [0.1, 0.15) is 25.0 Å². The molecule has 0 radical (unpaired) electrons. The summed E-state index contributed by atoms with van der Waals surface area (Å²) >= 11 is 0. The number of amides is 2. The molecule has 40 heavy (non-hydrogen) atoms. The maximum Gasteiger partial charge on any atom is 0.404 e. The number of ether oxygens (including phenoxy) is 1. The van der Waals surface area contributed by atoms with Gasteiger partial charge in [0.15, 0.2) is 11.9 Å². The lowest BCUT2D eigenvalue weighted by Crippen LogP contribution is -2.40. The van der Waals surface area contributed by atoms with Crippen molar-refractivity contribution in [1.29, 1.82) is 0 Å². The van der Waals surface area contributed by atoms with Gasteiger partial charge in [0.05, 0.1) is 10.6 Å². The van der Waals surface area contributed by atoms with Crippen LogP contribution in [0, 0.1) is 12.8 Å². The maximum atomic E-state index is 13.6. The predicted octanol–water partition coefficient (Wildman–Crippen LogP) is 3.68. The van der Waals surface area contributed by atoms with E-state index in [2.05, 4.69) is 10.6 Å². The number of carbonyl (C=O) groups is 2. The molecule has 12 heteroatoms. The molecule has 2 aromatic carbocycles. The Kier molecular flexibility index (Phi) is 6.66. The molecule has 208 valence electrons. The molecule has 3 N–H and O–H groups in total. The molecule has 11 nitrogen and oxygen atoms in total. The summed E-state index contributed by atoms with van der Waals surface area (Å²) < 4.78 is 35.6. The quantitative estimate of drug-likeness (QED) is 0.324. The van der Waals surface area contributed by atoms with Crippen LogP contribution in [0.25, 0.3) is 22.0 Å². The Morgan fingerprint density at radius 2 is 1.82 bits per heavy atom. The highest BCUT2D eigenvalue weighted by Crippen LogP contribution is 2.43. The summed E-state index contributed by atoms with van der Waals surface area (Å²) in [6, 6.07) is 11.2. The number of carbonyl (C=O) groups excluding carboxylic acids is 1. The number of carboxylic acid groups (broad SMARTS) is 1. The van der Waals surface area contributed by atoms with E-state index in [9.17, 15) is 22.8 Å². The van der Waals surface area contributed by atoms with Crippen molar-refractivity contribution in [3.05, 3.63) is 76.3 Å². The van der Waals surface area contributed by atoms with Crippen LogP contribution in [0.2, 0.25) is 0 Å². The summed E-state index contributed by atoms with van der Waals surface area (Å²) in [4.78, 5) is 37.3. The molecular formula is C28H28N4O7S. The summed E-state index contributed by atoms with van der Waals surface area (Å²) in [5.41, 5.74) is 2.13. The molecule has 1 atom stereocenters. The molecule has 0 fully saturated rings. The van der Waals surface area contributed by atoms with Gasteiger partial charge in [-0.2, -0.15) is 0 Å². The number of fused-ring (bicyclic) bond motifs is 2. The van der Waals surface area contributed by atoms with E-state index in [0.29, 0.717) is 33.5 Å². The average Bonchev–Trinajstić information content (AvgIpc) is 3.35. The second kappa shape index (κ2) is 9.87. The third kappa shape index (κ3) is 4.60. The number of hydrogen-bond donors (Lipinski definition) is 3. The summed E-state index contributed by atoms with van der Waals surface area (Å²) in [5.74, 6) is -0.153. The van der Waals surface area contributed by atoms with Gasteiger partial charge in [-0.25, -0.2) is 17.2 Å². The number of pyridine rings is 1. The molecule has 0 saturated heterocycles. The molecule has 0 saturated carbocycles. The van der Waals surface area contributed by atoms with E-state index in [-0.39, 0.29) is 28.8 Å². The summed E-state index contributed by atoms with van der Waals surface area (Å²) in [6.07, 6.45) is 0.903. The van der Waals surface area contributed by atoms with Gasteiger partial charge < -0.3 is 25.0 Å². The molecule has 2 amide bonds. The number of benzene rings is 2. The number of hydrogen-bond acceptors (Lipinski definition) is 6. The van der Waals surface area contributed by atoms with Gasteiger partial charge in [0.2, 0.25) is 0 Å². The highest BCUT2D eigenvalue weighted by molar-refractivity contribution is 7.90. The van der Waals surface area contributed by atoms with Crippen molar-refractivity contribution in [3.8, 4) is 16.9 Å². The lowest BCUT2D eigenvalue weighted by molar-refractivity contribution is -0.125. The van der Waals surface area contributed by atoms with Gasteiger partial charge in [-0.3, -0.25) is 9.59 Å². The molecule has 1 aliphatic heterocycles. The van der Waals surface area contributed by atoms with Crippen molar-refractivity contribution in [3.63, 3.8) is 0 Å². The van der Waals surface area contributed by atoms with E-state index >= 15 is 0 Å². The summed E-state index contributed by atoms with van der Waals surface area (Å²) in [5, 5.41) is 14.6. The predicted molar refractivity (Wildman–Crippen MR) is 149 cm³/mol. The van der Waals surface area contributed by atoms with Crippen molar-refractivity contribution in [2.24, 2.45) is 13.0 Å². The number of rotatable bonds is 6. The first-order chi connectivity index (χ1) is 18.9. The fraction of sp³-hybridized carbons (Fsp3) is 0.250. The molecule has 3 heterocycles. The molecular weight excluding hydrogens is 536 g/mol. The maximum absolute atomic E-state index is 13.6. The molecule has 0 spiro atoms. The Morgan fingerprint density at radius 1 is 1.12 bits per heavy atom. The number of nitrogens with zero attached hydrogens (tertiary/aromatic N) is 2. The van der Waals surface area contributed by atoms with Crippen LogP contribution < -0.4 is 20.9 Å². The molecule has 0 bridgehead atoms. The lowest BCUT2D eigenvalue weighted by atomic mass is 9.96. The topological polar surface area (TPSA) is 149 Å². The van der Waals surface area contributed by atoms with Crippen molar-refractivity contribution in [2.45, 2.75) is 38.3 Å². The molecule has 5 rings (SSSR count). The van der Waals surface area contributed by atoms with Gasteiger partial charge >= 0.3 is 6.09 Å². The fourth-order valence-corrected chi connectivity index (χ4v) is 6.13. The van der Waals surface area contributed by atoms with E-state index in [1.165, 1.54) is 29.9 Å². The van der Waals surface area contributed by atoms with Crippen LogP contribution in [0.5, 0.6) is 5.75 Å². The normalized spacial score (nSPS) is 15.0. The Bertz CT molecular complexity index is 1840. The van der Waals surface area contributed by atoms with Crippen molar-refractivity contribution in [1.82, 2.24) is 13.9 Å². The lowest BCUT2D eigenvalue weighted by Gasteiger charge is -2.30. The van der Waals surface area contributed by atoms with Crippen molar-refractivity contribution >= 4 is 38.6 Å². The Labute approximate surface area is 230 Å². The molecule has 1 aliphatic rings. The first-order valence-corrected chi connectivity index (χ1v) is 14.0.